The highest BCUT2D eigenvalue weighted by atomic mass is 32.1. The molecule has 5 nitrogen and oxygen atoms in total. The van der Waals surface area contributed by atoms with Gasteiger partial charge in [0.05, 0.1) is 17.6 Å². The van der Waals surface area contributed by atoms with Crippen LogP contribution in [0.2, 0.25) is 0 Å². The van der Waals surface area contributed by atoms with Gasteiger partial charge in [0.15, 0.2) is 0 Å². The van der Waals surface area contributed by atoms with Gasteiger partial charge in [-0.05, 0) is 6.92 Å². The van der Waals surface area contributed by atoms with Crippen LogP contribution in [-0.4, -0.2) is 65.4 Å². The number of alkyl halides is 2. The van der Waals surface area contributed by atoms with Crippen LogP contribution in [0.1, 0.15) is 16.3 Å². The smallest absolute Gasteiger partial charge is 0.262 e. The minimum absolute atomic E-state index is 0.189. The number of halogens is 2. The van der Waals surface area contributed by atoms with E-state index in [-0.39, 0.29) is 12.3 Å². The minimum atomic E-state index is -2.76. The van der Waals surface area contributed by atoms with E-state index in [9.17, 15) is 13.6 Å². The summed E-state index contributed by atoms with van der Waals surface area (Å²) in [7, 11) is 0. The van der Waals surface area contributed by atoms with E-state index < -0.39 is 18.5 Å². The number of carbonyl (C=O) groups is 1. The number of carbonyl (C=O) groups excluding carboxylic acids is 1. The summed E-state index contributed by atoms with van der Waals surface area (Å²) in [4.78, 5) is 21.7. The lowest BCUT2D eigenvalue weighted by Crippen LogP contribution is -2.52. The SMILES string of the molecule is Cc1ncc(CN2CCN(C(=O)C3CC(F)(F)CN3)CC2)s1. The number of nitrogens with one attached hydrogen (secondary N) is 1. The average Bonchev–Trinajstić information content (AvgIpc) is 3.04. The molecule has 0 bridgehead atoms. The zero-order valence-corrected chi connectivity index (χ0v) is 13.3. The van der Waals surface area contributed by atoms with Crippen LogP contribution in [0.25, 0.3) is 0 Å². The largest absolute Gasteiger partial charge is 0.339 e. The van der Waals surface area contributed by atoms with Gasteiger partial charge in [0.1, 0.15) is 0 Å². The minimum Gasteiger partial charge on any atom is -0.339 e. The fourth-order valence-electron chi connectivity index (χ4n) is 2.94. The van der Waals surface area contributed by atoms with E-state index in [4.69, 9.17) is 0 Å². The van der Waals surface area contributed by atoms with Crippen molar-refractivity contribution in [1.82, 2.24) is 20.1 Å². The fraction of sp³-hybridized carbons (Fsp3) is 0.714. The maximum absolute atomic E-state index is 13.2. The predicted octanol–water partition coefficient (Wildman–Crippen LogP) is 1.09. The number of amides is 1. The first-order chi connectivity index (χ1) is 10.4. The molecular weight excluding hydrogens is 310 g/mol. The van der Waals surface area contributed by atoms with Gasteiger partial charge < -0.3 is 4.90 Å². The maximum Gasteiger partial charge on any atom is 0.262 e. The Morgan fingerprint density at radius 3 is 2.73 bits per heavy atom. The molecule has 1 amide bonds. The monoisotopic (exact) mass is 330 g/mol. The summed E-state index contributed by atoms with van der Waals surface area (Å²) in [5, 5.41) is 3.69. The summed E-state index contributed by atoms with van der Waals surface area (Å²) in [5.41, 5.74) is 0. The van der Waals surface area contributed by atoms with Gasteiger partial charge in [-0.25, -0.2) is 13.8 Å². The van der Waals surface area contributed by atoms with Crippen molar-refractivity contribution in [3.8, 4) is 0 Å². The van der Waals surface area contributed by atoms with Crippen molar-refractivity contribution in [2.24, 2.45) is 0 Å². The predicted molar refractivity (Wildman–Crippen MR) is 80.1 cm³/mol. The Labute approximate surface area is 132 Å². The van der Waals surface area contributed by atoms with Gasteiger partial charge >= 0.3 is 0 Å². The lowest BCUT2D eigenvalue weighted by atomic mass is 10.1. The zero-order valence-electron chi connectivity index (χ0n) is 12.5. The molecule has 2 fully saturated rings. The van der Waals surface area contributed by atoms with Crippen molar-refractivity contribution in [2.75, 3.05) is 32.7 Å². The highest BCUT2D eigenvalue weighted by Gasteiger charge is 2.43. The summed E-state index contributed by atoms with van der Waals surface area (Å²) in [6, 6.07) is -0.731. The Hall–Kier alpha value is -1.12. The van der Waals surface area contributed by atoms with Gasteiger partial charge in [-0.2, -0.15) is 0 Å². The van der Waals surface area contributed by atoms with E-state index in [0.29, 0.717) is 13.1 Å². The molecule has 0 radical (unpaired) electrons. The number of nitrogens with zero attached hydrogens (tertiary/aromatic N) is 3. The standard InChI is InChI=1S/C14H20F2N4OS/c1-10-17-7-11(22-10)8-19-2-4-20(5-3-19)13(21)12-6-14(15,16)9-18-12/h7,12,18H,2-6,8-9H2,1H3. The highest BCUT2D eigenvalue weighted by Crippen LogP contribution is 2.26. The van der Waals surface area contributed by atoms with Gasteiger partial charge in [0, 0.05) is 50.2 Å². The highest BCUT2D eigenvalue weighted by molar-refractivity contribution is 7.11. The molecule has 1 aromatic heterocycles. The molecule has 2 aliphatic heterocycles. The van der Waals surface area contributed by atoms with Crippen molar-refractivity contribution in [3.63, 3.8) is 0 Å². The third-order valence-electron chi connectivity index (χ3n) is 4.14. The molecule has 1 aromatic rings. The van der Waals surface area contributed by atoms with Crippen LogP contribution >= 0.6 is 11.3 Å². The lowest BCUT2D eigenvalue weighted by molar-refractivity contribution is -0.135. The number of hydrogen-bond acceptors (Lipinski definition) is 5. The molecular formula is C14H20F2N4OS. The van der Waals surface area contributed by atoms with Gasteiger partial charge in [0.25, 0.3) is 5.92 Å². The molecule has 1 unspecified atom stereocenters. The van der Waals surface area contributed by atoms with Crippen LogP contribution in [-0.2, 0) is 11.3 Å². The molecule has 2 aliphatic rings. The molecule has 0 spiro atoms. The van der Waals surface area contributed by atoms with Crippen LogP contribution in [0.5, 0.6) is 0 Å². The summed E-state index contributed by atoms with van der Waals surface area (Å²) >= 11 is 1.68. The number of aryl methyl sites for hydroxylation is 1. The van der Waals surface area contributed by atoms with Gasteiger partial charge in [-0.15, -0.1) is 11.3 Å². The summed E-state index contributed by atoms with van der Waals surface area (Å²) in [5.74, 6) is -2.95. The zero-order chi connectivity index (χ0) is 15.7. The molecule has 22 heavy (non-hydrogen) atoms. The molecule has 3 heterocycles. The Balaban J connectivity index is 1.48. The summed E-state index contributed by atoms with van der Waals surface area (Å²) < 4.78 is 26.4. The average molecular weight is 330 g/mol. The molecule has 1 atom stereocenters. The van der Waals surface area contributed by atoms with Crippen LogP contribution in [0.4, 0.5) is 8.78 Å². The van der Waals surface area contributed by atoms with Crippen LogP contribution in [0, 0.1) is 6.92 Å². The van der Waals surface area contributed by atoms with Crippen LogP contribution in [0.15, 0.2) is 6.20 Å². The fourth-order valence-corrected chi connectivity index (χ4v) is 3.77. The molecule has 0 aliphatic carbocycles. The quantitative estimate of drug-likeness (QED) is 0.901. The molecule has 3 rings (SSSR count). The first-order valence-corrected chi connectivity index (χ1v) is 8.28. The van der Waals surface area contributed by atoms with E-state index in [1.807, 2.05) is 13.1 Å². The molecule has 2 saturated heterocycles. The van der Waals surface area contributed by atoms with Crippen molar-refractivity contribution < 1.29 is 13.6 Å². The molecule has 122 valence electrons. The number of rotatable bonds is 3. The molecule has 1 N–H and O–H groups in total. The van der Waals surface area contributed by atoms with Crippen LogP contribution < -0.4 is 5.32 Å². The second-order valence-electron chi connectivity index (χ2n) is 5.94. The van der Waals surface area contributed by atoms with E-state index >= 15 is 0 Å². The Morgan fingerprint density at radius 1 is 1.45 bits per heavy atom. The van der Waals surface area contributed by atoms with Crippen LogP contribution in [0.3, 0.4) is 0 Å². The van der Waals surface area contributed by atoms with E-state index in [0.717, 1.165) is 24.6 Å². The molecule has 8 heteroatoms. The lowest BCUT2D eigenvalue weighted by Gasteiger charge is -2.35. The molecule has 0 saturated carbocycles. The third-order valence-corrected chi connectivity index (χ3v) is 5.04. The van der Waals surface area contributed by atoms with Crippen molar-refractivity contribution in [3.05, 3.63) is 16.1 Å². The normalized spacial score (nSPS) is 25.6. The Kier molecular flexibility index (Phi) is 4.42. The van der Waals surface area contributed by atoms with Crippen molar-refractivity contribution in [2.45, 2.75) is 31.9 Å². The van der Waals surface area contributed by atoms with Gasteiger partial charge in [0.2, 0.25) is 5.91 Å². The van der Waals surface area contributed by atoms with Gasteiger partial charge in [-0.1, -0.05) is 0 Å². The number of thiazole rings is 1. The first-order valence-electron chi connectivity index (χ1n) is 7.47. The second kappa shape index (κ2) is 6.17. The van der Waals surface area contributed by atoms with E-state index in [1.165, 1.54) is 4.88 Å². The van der Waals surface area contributed by atoms with Gasteiger partial charge in [-0.3, -0.25) is 15.0 Å². The number of hydrogen-bond donors (Lipinski definition) is 1. The Bertz CT molecular complexity index is 543. The summed E-state index contributed by atoms with van der Waals surface area (Å²) in [6.45, 7) is 5.16. The second-order valence-corrected chi connectivity index (χ2v) is 7.26. The van der Waals surface area contributed by atoms with E-state index in [1.54, 1.807) is 16.2 Å². The third kappa shape index (κ3) is 3.61. The topological polar surface area (TPSA) is 48.5 Å². The Morgan fingerprint density at radius 2 is 2.18 bits per heavy atom. The van der Waals surface area contributed by atoms with Crippen molar-refractivity contribution in [1.29, 1.82) is 0 Å². The van der Waals surface area contributed by atoms with Crippen molar-refractivity contribution >= 4 is 17.2 Å². The maximum atomic E-state index is 13.2. The van der Waals surface area contributed by atoms with E-state index in [2.05, 4.69) is 15.2 Å². The number of piperazine rings is 1. The first kappa shape index (κ1) is 15.8. The molecule has 0 aromatic carbocycles. The number of aromatic nitrogens is 1. The summed E-state index contributed by atoms with van der Waals surface area (Å²) in [6.07, 6.45) is 1.51.